The van der Waals surface area contributed by atoms with E-state index in [0.29, 0.717) is 12.4 Å². The van der Waals surface area contributed by atoms with E-state index in [9.17, 15) is 0 Å². The third-order valence-corrected chi connectivity index (χ3v) is 4.10. The van der Waals surface area contributed by atoms with Crippen LogP contribution in [0.15, 0.2) is 34.9 Å². The van der Waals surface area contributed by atoms with E-state index in [1.54, 1.807) is 0 Å². The van der Waals surface area contributed by atoms with Crippen LogP contribution >= 0.6 is 0 Å². The largest absolute Gasteiger partial charge is 0.338 e. The Labute approximate surface area is 113 Å². The lowest BCUT2D eigenvalue weighted by molar-refractivity contribution is 0.309. The van der Waals surface area contributed by atoms with Crippen LogP contribution in [-0.2, 0) is 12.0 Å². The molecule has 1 fully saturated rings. The minimum Gasteiger partial charge on any atom is -0.338 e. The molecular weight excluding hydrogens is 238 g/mol. The van der Waals surface area contributed by atoms with Gasteiger partial charge in [-0.1, -0.05) is 54.8 Å². The zero-order chi connectivity index (χ0) is 13.1. The van der Waals surface area contributed by atoms with Gasteiger partial charge in [-0.25, -0.2) is 0 Å². The van der Waals surface area contributed by atoms with Crippen molar-refractivity contribution in [2.24, 2.45) is 5.73 Å². The third-order valence-electron chi connectivity index (χ3n) is 4.10. The third kappa shape index (κ3) is 2.16. The molecule has 4 nitrogen and oxygen atoms in total. The SMILES string of the molecule is NCc1nc(C2(c3ccccc3)CCCCC2)no1. The Kier molecular flexibility index (Phi) is 3.34. The quantitative estimate of drug-likeness (QED) is 0.918. The summed E-state index contributed by atoms with van der Waals surface area (Å²) < 4.78 is 5.23. The molecule has 1 aliphatic rings. The van der Waals surface area contributed by atoms with Crippen LogP contribution in [0.3, 0.4) is 0 Å². The van der Waals surface area contributed by atoms with Gasteiger partial charge in [0.1, 0.15) is 0 Å². The predicted octanol–water partition coefficient (Wildman–Crippen LogP) is 2.78. The van der Waals surface area contributed by atoms with Crippen molar-refractivity contribution in [2.75, 3.05) is 0 Å². The molecule has 2 aromatic rings. The van der Waals surface area contributed by atoms with Crippen molar-refractivity contribution in [3.8, 4) is 0 Å². The predicted molar refractivity (Wildman–Crippen MR) is 72.5 cm³/mol. The summed E-state index contributed by atoms with van der Waals surface area (Å²) >= 11 is 0. The summed E-state index contributed by atoms with van der Waals surface area (Å²) in [5.74, 6) is 1.33. The number of hydrogen-bond donors (Lipinski definition) is 1. The van der Waals surface area contributed by atoms with Gasteiger partial charge in [0.05, 0.1) is 12.0 Å². The molecule has 100 valence electrons. The number of rotatable bonds is 3. The van der Waals surface area contributed by atoms with Crippen LogP contribution in [0.25, 0.3) is 0 Å². The zero-order valence-electron chi connectivity index (χ0n) is 11.0. The van der Waals surface area contributed by atoms with E-state index in [1.165, 1.54) is 24.8 Å². The zero-order valence-corrected chi connectivity index (χ0v) is 11.0. The maximum Gasteiger partial charge on any atom is 0.240 e. The Morgan fingerprint density at radius 2 is 1.84 bits per heavy atom. The van der Waals surface area contributed by atoms with Gasteiger partial charge in [0.25, 0.3) is 0 Å². The number of nitrogens with zero attached hydrogens (tertiary/aromatic N) is 2. The first kappa shape index (κ1) is 12.4. The maximum absolute atomic E-state index is 5.58. The molecule has 0 unspecified atom stereocenters. The van der Waals surface area contributed by atoms with Gasteiger partial charge in [-0.2, -0.15) is 4.98 Å². The summed E-state index contributed by atoms with van der Waals surface area (Å²) in [7, 11) is 0. The number of hydrogen-bond acceptors (Lipinski definition) is 4. The van der Waals surface area contributed by atoms with Crippen LogP contribution in [0.5, 0.6) is 0 Å². The lowest BCUT2D eigenvalue weighted by Crippen LogP contribution is -2.31. The molecule has 0 amide bonds. The van der Waals surface area contributed by atoms with Crippen molar-refractivity contribution in [1.82, 2.24) is 10.1 Å². The van der Waals surface area contributed by atoms with Crippen molar-refractivity contribution in [2.45, 2.75) is 44.1 Å². The molecule has 0 atom stereocenters. The second kappa shape index (κ2) is 5.13. The fourth-order valence-electron chi connectivity index (χ4n) is 3.09. The van der Waals surface area contributed by atoms with E-state index in [1.807, 2.05) is 6.07 Å². The van der Waals surface area contributed by atoms with Crippen LogP contribution in [0.2, 0.25) is 0 Å². The van der Waals surface area contributed by atoms with Gasteiger partial charge in [-0.3, -0.25) is 0 Å². The van der Waals surface area contributed by atoms with Gasteiger partial charge in [0, 0.05) is 0 Å². The summed E-state index contributed by atoms with van der Waals surface area (Å²) in [5.41, 5.74) is 6.78. The van der Waals surface area contributed by atoms with Gasteiger partial charge in [-0.15, -0.1) is 0 Å². The molecule has 1 heterocycles. The van der Waals surface area contributed by atoms with Gasteiger partial charge >= 0.3 is 0 Å². The summed E-state index contributed by atoms with van der Waals surface area (Å²) in [5, 5.41) is 4.19. The van der Waals surface area contributed by atoms with Crippen LogP contribution in [0, 0.1) is 0 Å². The standard InChI is InChI=1S/C15H19N3O/c16-11-13-17-14(18-19-13)15(9-5-2-6-10-15)12-7-3-1-4-8-12/h1,3-4,7-8H,2,5-6,9-11,16H2. The summed E-state index contributed by atoms with van der Waals surface area (Å²) in [6.07, 6.45) is 5.88. The first-order valence-electron chi connectivity index (χ1n) is 6.94. The Balaban J connectivity index is 2.06. The molecule has 4 heteroatoms. The molecule has 1 aliphatic carbocycles. The molecule has 1 aromatic heterocycles. The minimum atomic E-state index is -0.0869. The topological polar surface area (TPSA) is 64.9 Å². The molecule has 3 rings (SSSR count). The smallest absolute Gasteiger partial charge is 0.240 e. The summed E-state index contributed by atoms with van der Waals surface area (Å²) in [4.78, 5) is 4.50. The molecule has 2 N–H and O–H groups in total. The van der Waals surface area contributed by atoms with E-state index in [2.05, 4.69) is 34.4 Å². The highest BCUT2D eigenvalue weighted by Gasteiger charge is 2.39. The molecule has 1 aromatic carbocycles. The molecule has 0 radical (unpaired) electrons. The molecule has 19 heavy (non-hydrogen) atoms. The molecule has 0 saturated heterocycles. The number of nitrogens with two attached hydrogens (primary N) is 1. The normalized spacial score (nSPS) is 18.4. The van der Waals surface area contributed by atoms with Gasteiger partial charge in [0.15, 0.2) is 5.82 Å². The summed E-state index contributed by atoms with van der Waals surface area (Å²) in [6.45, 7) is 0.303. The van der Waals surface area contributed by atoms with Gasteiger partial charge < -0.3 is 10.3 Å². The highest BCUT2D eigenvalue weighted by Crippen LogP contribution is 2.43. The average molecular weight is 257 g/mol. The van der Waals surface area contributed by atoms with E-state index in [-0.39, 0.29) is 5.41 Å². The molecule has 0 bridgehead atoms. The van der Waals surface area contributed by atoms with Crippen LogP contribution < -0.4 is 5.73 Å². The van der Waals surface area contributed by atoms with Crippen LogP contribution in [-0.4, -0.2) is 10.1 Å². The fourth-order valence-corrected chi connectivity index (χ4v) is 3.09. The number of benzene rings is 1. The molecule has 0 spiro atoms. The Hall–Kier alpha value is -1.68. The van der Waals surface area contributed by atoms with Crippen molar-refractivity contribution in [1.29, 1.82) is 0 Å². The average Bonchev–Trinajstić information content (AvgIpc) is 2.98. The Bertz CT molecular complexity index is 529. The van der Waals surface area contributed by atoms with E-state index >= 15 is 0 Å². The minimum absolute atomic E-state index is 0.0869. The summed E-state index contributed by atoms with van der Waals surface area (Å²) in [6, 6.07) is 10.5. The Morgan fingerprint density at radius 3 is 2.47 bits per heavy atom. The first-order chi connectivity index (χ1) is 9.35. The van der Waals surface area contributed by atoms with Crippen molar-refractivity contribution >= 4 is 0 Å². The van der Waals surface area contributed by atoms with E-state index in [4.69, 9.17) is 10.3 Å². The first-order valence-corrected chi connectivity index (χ1v) is 6.94. The highest BCUT2D eigenvalue weighted by molar-refractivity contribution is 5.33. The molecule has 0 aliphatic heterocycles. The molecular formula is C15H19N3O. The molecule has 1 saturated carbocycles. The highest BCUT2D eigenvalue weighted by atomic mass is 16.5. The number of aromatic nitrogens is 2. The van der Waals surface area contributed by atoms with Crippen LogP contribution in [0.4, 0.5) is 0 Å². The van der Waals surface area contributed by atoms with Gasteiger partial charge in [0.2, 0.25) is 5.89 Å². The van der Waals surface area contributed by atoms with Crippen molar-refractivity contribution in [3.63, 3.8) is 0 Å². The van der Waals surface area contributed by atoms with Crippen LogP contribution in [0.1, 0.15) is 49.4 Å². The monoisotopic (exact) mass is 257 g/mol. The van der Waals surface area contributed by atoms with Crippen molar-refractivity contribution in [3.05, 3.63) is 47.6 Å². The lowest BCUT2D eigenvalue weighted by atomic mass is 9.69. The Morgan fingerprint density at radius 1 is 1.11 bits per heavy atom. The maximum atomic E-state index is 5.58. The second-order valence-electron chi connectivity index (χ2n) is 5.22. The van der Waals surface area contributed by atoms with E-state index in [0.717, 1.165) is 18.7 Å². The van der Waals surface area contributed by atoms with Crippen molar-refractivity contribution < 1.29 is 4.52 Å². The lowest BCUT2D eigenvalue weighted by Gasteiger charge is -2.34. The second-order valence-corrected chi connectivity index (χ2v) is 5.22. The fraction of sp³-hybridized carbons (Fsp3) is 0.467. The van der Waals surface area contributed by atoms with E-state index < -0.39 is 0 Å². The van der Waals surface area contributed by atoms with Gasteiger partial charge in [-0.05, 0) is 18.4 Å².